The Kier molecular flexibility index (Phi) is 5.53. The molecule has 1 amide bonds. The summed E-state index contributed by atoms with van der Waals surface area (Å²) in [6, 6.07) is 17.5. The van der Waals surface area contributed by atoms with E-state index in [4.69, 9.17) is 23.2 Å². The molecule has 0 aliphatic heterocycles. The van der Waals surface area contributed by atoms with Gasteiger partial charge in [0.2, 0.25) is 11.7 Å². The van der Waals surface area contributed by atoms with Gasteiger partial charge in [0, 0.05) is 16.3 Å². The number of aromatic nitrogens is 2. The number of carbonyl (C=O) groups excluding carboxylic acids is 2. The summed E-state index contributed by atoms with van der Waals surface area (Å²) >= 11 is 11.7. The monoisotopic (exact) mass is 441 g/mol. The van der Waals surface area contributed by atoms with Crippen LogP contribution in [0.2, 0.25) is 10.0 Å². The predicted octanol–water partition coefficient (Wildman–Crippen LogP) is 5.35. The van der Waals surface area contributed by atoms with E-state index >= 15 is 0 Å². The van der Waals surface area contributed by atoms with Crippen molar-refractivity contribution >= 4 is 51.6 Å². The molecule has 4 aromatic rings. The van der Waals surface area contributed by atoms with Crippen LogP contribution in [0.4, 0.5) is 10.1 Å². The van der Waals surface area contributed by atoms with E-state index in [1.54, 1.807) is 53.1 Å². The van der Waals surface area contributed by atoms with Crippen molar-refractivity contribution in [2.45, 2.75) is 6.54 Å². The number of halogens is 3. The average molecular weight is 442 g/mol. The van der Waals surface area contributed by atoms with E-state index in [1.165, 1.54) is 18.2 Å². The normalized spacial score (nSPS) is 10.9. The third-order valence-electron chi connectivity index (χ3n) is 4.47. The van der Waals surface area contributed by atoms with Gasteiger partial charge in [-0.05, 0) is 54.6 Å². The van der Waals surface area contributed by atoms with E-state index in [0.717, 1.165) is 0 Å². The van der Waals surface area contributed by atoms with Gasteiger partial charge in [-0.15, -0.1) is 0 Å². The number of nitrogens with zero attached hydrogens (tertiary/aromatic N) is 2. The van der Waals surface area contributed by atoms with Crippen LogP contribution in [0, 0.1) is 5.82 Å². The molecule has 8 heteroatoms. The van der Waals surface area contributed by atoms with Crippen LogP contribution in [0.3, 0.4) is 0 Å². The summed E-state index contributed by atoms with van der Waals surface area (Å²) in [5.41, 5.74) is 1.98. The van der Waals surface area contributed by atoms with Gasteiger partial charge in [-0.2, -0.15) is 0 Å². The van der Waals surface area contributed by atoms with Crippen LogP contribution in [0.1, 0.15) is 16.2 Å². The summed E-state index contributed by atoms with van der Waals surface area (Å²) in [4.78, 5) is 30.1. The molecule has 4 rings (SSSR count). The Labute approximate surface area is 181 Å². The Morgan fingerprint density at radius 1 is 1.00 bits per heavy atom. The zero-order valence-electron chi connectivity index (χ0n) is 15.4. The fourth-order valence-electron chi connectivity index (χ4n) is 3.06. The zero-order chi connectivity index (χ0) is 21.3. The second-order valence-electron chi connectivity index (χ2n) is 6.52. The third kappa shape index (κ3) is 4.06. The number of para-hydroxylation sites is 2. The van der Waals surface area contributed by atoms with Crippen molar-refractivity contribution in [2.75, 3.05) is 5.32 Å². The van der Waals surface area contributed by atoms with Gasteiger partial charge >= 0.3 is 0 Å². The highest BCUT2D eigenvalue weighted by Crippen LogP contribution is 2.22. The molecule has 0 aliphatic carbocycles. The number of amides is 1. The van der Waals surface area contributed by atoms with Crippen LogP contribution in [-0.4, -0.2) is 21.2 Å². The van der Waals surface area contributed by atoms with Gasteiger partial charge in [0.25, 0.3) is 0 Å². The van der Waals surface area contributed by atoms with Crippen LogP contribution < -0.4 is 5.32 Å². The lowest BCUT2D eigenvalue weighted by Crippen LogP contribution is -2.22. The first-order valence-corrected chi connectivity index (χ1v) is 9.68. The molecular weight excluding hydrogens is 428 g/mol. The largest absolute Gasteiger partial charge is 0.324 e. The van der Waals surface area contributed by atoms with Crippen LogP contribution in [0.25, 0.3) is 11.0 Å². The van der Waals surface area contributed by atoms with E-state index in [1.807, 2.05) is 0 Å². The summed E-state index contributed by atoms with van der Waals surface area (Å²) in [7, 11) is 0. The van der Waals surface area contributed by atoms with Crippen molar-refractivity contribution in [3.8, 4) is 0 Å². The fourth-order valence-corrected chi connectivity index (χ4v) is 3.36. The molecule has 3 aromatic carbocycles. The lowest BCUT2D eigenvalue weighted by Gasteiger charge is -2.10. The molecule has 150 valence electrons. The van der Waals surface area contributed by atoms with E-state index in [0.29, 0.717) is 27.3 Å². The van der Waals surface area contributed by atoms with Gasteiger partial charge in [-0.25, -0.2) is 9.37 Å². The van der Waals surface area contributed by atoms with Crippen LogP contribution >= 0.6 is 23.2 Å². The molecule has 1 N–H and O–H groups in total. The third-order valence-corrected chi connectivity index (χ3v) is 5.01. The summed E-state index contributed by atoms with van der Waals surface area (Å²) in [6.07, 6.45) is 0. The second-order valence-corrected chi connectivity index (χ2v) is 7.37. The van der Waals surface area contributed by atoms with Crippen molar-refractivity contribution in [1.82, 2.24) is 9.55 Å². The highest BCUT2D eigenvalue weighted by Gasteiger charge is 2.21. The molecule has 0 spiro atoms. The molecule has 0 aliphatic rings. The Morgan fingerprint density at radius 2 is 1.73 bits per heavy atom. The first-order chi connectivity index (χ1) is 14.4. The maximum atomic E-state index is 13.3. The van der Waals surface area contributed by atoms with E-state index in [2.05, 4.69) is 10.3 Å². The average Bonchev–Trinajstić information content (AvgIpc) is 3.09. The fraction of sp³-hybridized carbons (Fsp3) is 0.0455. The zero-order valence-corrected chi connectivity index (χ0v) is 16.9. The first kappa shape index (κ1) is 20.1. The van der Waals surface area contributed by atoms with Crippen LogP contribution in [0.5, 0.6) is 0 Å². The number of rotatable bonds is 5. The minimum absolute atomic E-state index is 0.0977. The number of carbonyl (C=O) groups is 2. The lowest BCUT2D eigenvalue weighted by molar-refractivity contribution is -0.116. The number of ketones is 1. The Hall–Kier alpha value is -3.22. The smallest absolute Gasteiger partial charge is 0.244 e. The highest BCUT2D eigenvalue weighted by atomic mass is 35.5. The van der Waals surface area contributed by atoms with Crippen molar-refractivity contribution in [3.63, 3.8) is 0 Å². The summed E-state index contributed by atoms with van der Waals surface area (Å²) in [5, 5.41) is 3.07. The number of hydrogen-bond donors (Lipinski definition) is 1. The molecule has 0 atom stereocenters. The van der Waals surface area contributed by atoms with Gasteiger partial charge in [0.15, 0.2) is 5.82 Å². The van der Waals surface area contributed by atoms with Gasteiger partial charge in [-0.1, -0.05) is 35.3 Å². The number of benzene rings is 3. The van der Waals surface area contributed by atoms with E-state index < -0.39 is 11.7 Å². The van der Waals surface area contributed by atoms with Crippen molar-refractivity contribution in [1.29, 1.82) is 0 Å². The number of hydrogen-bond acceptors (Lipinski definition) is 3. The predicted molar refractivity (Wildman–Crippen MR) is 115 cm³/mol. The molecule has 30 heavy (non-hydrogen) atoms. The van der Waals surface area contributed by atoms with Crippen LogP contribution in [0.15, 0.2) is 66.7 Å². The Balaban J connectivity index is 1.67. The number of nitrogens with one attached hydrogen (secondary N) is 1. The summed E-state index contributed by atoms with van der Waals surface area (Å²) < 4.78 is 14.9. The topological polar surface area (TPSA) is 64.0 Å². The molecule has 0 radical (unpaired) electrons. The van der Waals surface area contributed by atoms with E-state index in [-0.39, 0.29) is 23.2 Å². The van der Waals surface area contributed by atoms with Gasteiger partial charge in [-0.3, -0.25) is 9.59 Å². The highest BCUT2D eigenvalue weighted by molar-refractivity contribution is 6.31. The van der Waals surface area contributed by atoms with Gasteiger partial charge < -0.3 is 9.88 Å². The number of anilines is 1. The molecule has 5 nitrogen and oxygen atoms in total. The minimum atomic E-state index is -0.578. The maximum Gasteiger partial charge on any atom is 0.244 e. The first-order valence-electron chi connectivity index (χ1n) is 8.93. The van der Waals surface area contributed by atoms with Crippen molar-refractivity contribution < 1.29 is 14.0 Å². The molecule has 1 aromatic heterocycles. The summed E-state index contributed by atoms with van der Waals surface area (Å²) in [6.45, 7) is -0.163. The standard InChI is InChI=1S/C22H14Cl2FN3O2/c23-14-7-5-13(6-8-14)21(30)22-27-18-3-1-2-4-19(18)28(22)12-20(29)26-15-9-10-17(25)16(24)11-15/h1-11H,12H2,(H,26,29). The van der Waals surface area contributed by atoms with Crippen molar-refractivity contribution in [3.05, 3.63) is 94.0 Å². The molecule has 0 bridgehead atoms. The second kappa shape index (κ2) is 8.26. The summed E-state index contributed by atoms with van der Waals surface area (Å²) in [5.74, 6) is -1.19. The molecule has 0 fully saturated rings. The number of fused-ring (bicyclic) bond motifs is 1. The lowest BCUT2D eigenvalue weighted by atomic mass is 10.1. The minimum Gasteiger partial charge on any atom is -0.324 e. The Morgan fingerprint density at radius 3 is 2.47 bits per heavy atom. The van der Waals surface area contributed by atoms with Crippen LogP contribution in [-0.2, 0) is 11.3 Å². The molecule has 0 unspecified atom stereocenters. The number of imidazole rings is 1. The SMILES string of the molecule is O=C(Cn1c(C(=O)c2ccc(Cl)cc2)nc2ccccc21)Nc1ccc(F)c(Cl)c1. The maximum absolute atomic E-state index is 13.3. The quantitative estimate of drug-likeness (QED) is 0.424. The van der Waals surface area contributed by atoms with Gasteiger partial charge in [0.1, 0.15) is 12.4 Å². The molecule has 1 heterocycles. The Bertz CT molecular complexity index is 1270. The molecular formula is C22H14Cl2FN3O2. The molecule has 0 saturated heterocycles. The van der Waals surface area contributed by atoms with E-state index in [9.17, 15) is 14.0 Å². The van der Waals surface area contributed by atoms with Gasteiger partial charge in [0.05, 0.1) is 16.1 Å². The van der Waals surface area contributed by atoms with Crippen molar-refractivity contribution in [2.24, 2.45) is 0 Å². The molecule has 0 saturated carbocycles.